The van der Waals surface area contributed by atoms with Gasteiger partial charge in [0.25, 0.3) is 0 Å². The maximum Gasteiger partial charge on any atom is 0.423 e. The average Bonchev–Trinajstić information content (AvgIpc) is 3.94. The van der Waals surface area contributed by atoms with E-state index in [0.717, 1.165) is 37.8 Å². The largest absolute Gasteiger partial charge is 0.462 e. The zero-order valence-corrected chi connectivity index (χ0v) is 31.8. The molecule has 48 heavy (non-hydrogen) atoms. The lowest BCUT2D eigenvalue weighted by Crippen LogP contribution is -2.28. The molecule has 2 fully saturated rings. The third kappa shape index (κ3) is 7.84. The Kier molecular flexibility index (Phi) is 12.2. The van der Waals surface area contributed by atoms with Crippen LogP contribution in [0.5, 0.6) is 11.5 Å². The van der Waals surface area contributed by atoms with Gasteiger partial charge in [-0.25, -0.2) is 19.2 Å². The highest BCUT2D eigenvalue weighted by Gasteiger charge is 2.50. The predicted octanol–water partition coefficient (Wildman–Crippen LogP) is 10.6. The van der Waals surface area contributed by atoms with E-state index in [-0.39, 0.29) is 66.0 Å². The van der Waals surface area contributed by atoms with Crippen molar-refractivity contribution < 1.29 is 38.1 Å². The van der Waals surface area contributed by atoms with Gasteiger partial charge in [0.2, 0.25) is 0 Å². The van der Waals surface area contributed by atoms with Crippen LogP contribution in [-0.4, -0.2) is 37.1 Å². The van der Waals surface area contributed by atoms with Crippen LogP contribution in [0.1, 0.15) is 87.9 Å². The summed E-state index contributed by atoms with van der Waals surface area (Å²) in [6, 6.07) is 2.26. The average molecular weight is 785 g/mol. The minimum atomic E-state index is -1.64. The summed E-state index contributed by atoms with van der Waals surface area (Å²) in [6.45, 7) is 12.5. The van der Waals surface area contributed by atoms with Gasteiger partial charge in [0.15, 0.2) is 11.5 Å². The molecule has 0 bridgehead atoms. The zero-order valence-electron chi connectivity index (χ0n) is 27.2. The fourth-order valence-electron chi connectivity index (χ4n) is 6.43. The summed E-state index contributed by atoms with van der Waals surface area (Å²) < 4.78 is 21.6. The van der Waals surface area contributed by atoms with Crippen LogP contribution >= 0.6 is 69.6 Å². The van der Waals surface area contributed by atoms with Crippen LogP contribution in [0.4, 0.5) is 0 Å². The second-order valence-electron chi connectivity index (χ2n) is 13.3. The smallest absolute Gasteiger partial charge is 0.423 e. The molecule has 14 heteroatoms. The number of hydrogen-bond acceptors (Lipinski definition) is 8. The number of carbonyl (C=O) groups excluding carboxylic acids is 4. The molecule has 2 aromatic rings. The molecule has 8 nitrogen and oxygen atoms in total. The van der Waals surface area contributed by atoms with E-state index in [1.165, 1.54) is 0 Å². The number of carbonyl (C=O) groups is 4. The molecule has 0 saturated heterocycles. The quantitative estimate of drug-likeness (QED) is 0.0907. The van der Waals surface area contributed by atoms with Gasteiger partial charge in [0.1, 0.15) is 11.1 Å². The van der Waals surface area contributed by atoms with E-state index in [1.807, 2.05) is 13.8 Å². The molecule has 2 aromatic carbocycles. The van der Waals surface area contributed by atoms with Crippen molar-refractivity contribution in [3.05, 3.63) is 53.4 Å². The molecule has 0 aliphatic heterocycles. The van der Waals surface area contributed by atoms with Gasteiger partial charge in [-0.1, -0.05) is 111 Å². The van der Waals surface area contributed by atoms with Crippen molar-refractivity contribution >= 4 is 93.5 Å². The number of benzene rings is 2. The van der Waals surface area contributed by atoms with Crippen LogP contribution in [0, 0.1) is 34.5 Å². The third-order valence-electron chi connectivity index (χ3n) is 10.1. The molecule has 0 spiro atoms. The molecule has 0 heterocycles. The maximum atomic E-state index is 13.3. The van der Waals surface area contributed by atoms with Crippen molar-refractivity contribution in [2.45, 2.75) is 67.2 Å². The highest BCUT2D eigenvalue weighted by atomic mass is 35.5. The predicted molar refractivity (Wildman–Crippen MR) is 186 cm³/mol. The van der Waals surface area contributed by atoms with Crippen molar-refractivity contribution in [2.24, 2.45) is 34.5 Å². The van der Waals surface area contributed by atoms with Crippen molar-refractivity contribution in [3.63, 3.8) is 0 Å². The molecule has 0 aromatic heterocycles. The van der Waals surface area contributed by atoms with Crippen LogP contribution in [0.2, 0.25) is 30.1 Å². The van der Waals surface area contributed by atoms with E-state index >= 15 is 0 Å². The first-order valence-corrected chi connectivity index (χ1v) is 17.8. The standard InChI is InChI=1S/C34H36Cl6O8/c1-15(2)33(7-8-33)17(5)13-45-29(41)23-25(39)19(35)11-21(37)27(23)47-31(43)32(44)48-28-22(38)12-20(36)26(40)24(28)30(42)46-14-18(6)34(9-10-34)16(3)4/h11-12,15-18H,7-10,13-14H2,1-6H3. The number of rotatable bonds is 12. The summed E-state index contributed by atoms with van der Waals surface area (Å²) in [4.78, 5) is 52.7. The topological polar surface area (TPSA) is 105 Å². The first-order chi connectivity index (χ1) is 22.4. The number of ether oxygens (including phenoxy) is 4. The molecule has 0 radical (unpaired) electrons. The summed E-state index contributed by atoms with van der Waals surface area (Å²) in [5.41, 5.74) is -0.814. The summed E-state index contributed by atoms with van der Waals surface area (Å²) in [5.74, 6) is -5.56. The van der Waals surface area contributed by atoms with Crippen molar-refractivity contribution in [2.75, 3.05) is 13.2 Å². The third-order valence-corrected chi connectivity index (χ3v) is 12.2. The second-order valence-corrected chi connectivity index (χ2v) is 15.7. The monoisotopic (exact) mass is 782 g/mol. The number of halogens is 6. The van der Waals surface area contributed by atoms with E-state index in [2.05, 4.69) is 27.7 Å². The van der Waals surface area contributed by atoms with Crippen LogP contribution in [0.25, 0.3) is 0 Å². The Labute approximate surface area is 309 Å². The van der Waals surface area contributed by atoms with Crippen LogP contribution in [0.15, 0.2) is 12.1 Å². The molecular formula is C34H36Cl6O8. The summed E-state index contributed by atoms with van der Waals surface area (Å²) in [5, 5.41) is -1.48. The Morgan fingerprint density at radius 3 is 1.17 bits per heavy atom. The van der Waals surface area contributed by atoms with Crippen molar-refractivity contribution in [1.29, 1.82) is 0 Å². The maximum absolute atomic E-state index is 13.3. The Morgan fingerprint density at radius 2 is 0.896 bits per heavy atom. The molecular weight excluding hydrogens is 749 g/mol. The molecule has 2 aliphatic carbocycles. The lowest BCUT2D eigenvalue weighted by atomic mass is 9.81. The first-order valence-electron chi connectivity index (χ1n) is 15.5. The summed E-state index contributed by atoms with van der Waals surface area (Å²) >= 11 is 37.6. The highest BCUT2D eigenvalue weighted by Crippen LogP contribution is 2.58. The number of hydrogen-bond donors (Lipinski definition) is 0. The fraction of sp³-hybridized carbons (Fsp3) is 0.529. The normalized spacial score (nSPS) is 17.0. The van der Waals surface area contributed by atoms with E-state index < -0.39 is 46.5 Å². The Bertz CT molecular complexity index is 1510. The number of esters is 4. The van der Waals surface area contributed by atoms with Gasteiger partial charge in [-0.3, -0.25) is 0 Å². The highest BCUT2D eigenvalue weighted by molar-refractivity contribution is 6.47. The van der Waals surface area contributed by atoms with E-state index in [4.69, 9.17) is 88.6 Å². The van der Waals surface area contributed by atoms with Gasteiger partial charge in [0.05, 0.1) is 43.3 Å². The lowest BCUT2D eigenvalue weighted by Gasteiger charge is -2.27. The summed E-state index contributed by atoms with van der Waals surface area (Å²) in [7, 11) is 0. The zero-order chi connectivity index (χ0) is 35.9. The Hall–Kier alpha value is -1.94. The molecule has 2 unspecified atom stereocenters. The Morgan fingerprint density at radius 1 is 0.583 bits per heavy atom. The lowest BCUT2D eigenvalue weighted by molar-refractivity contribution is -0.156. The molecule has 262 valence electrons. The van der Waals surface area contributed by atoms with E-state index in [0.29, 0.717) is 11.8 Å². The first kappa shape index (κ1) is 38.9. The van der Waals surface area contributed by atoms with Gasteiger partial charge in [-0.2, -0.15) is 0 Å². The molecule has 0 N–H and O–H groups in total. The van der Waals surface area contributed by atoms with Crippen LogP contribution < -0.4 is 9.47 Å². The van der Waals surface area contributed by atoms with E-state index in [9.17, 15) is 19.2 Å². The van der Waals surface area contributed by atoms with Crippen LogP contribution in [-0.2, 0) is 19.1 Å². The second kappa shape index (κ2) is 15.1. The van der Waals surface area contributed by atoms with Crippen molar-refractivity contribution in [1.82, 2.24) is 0 Å². The minimum Gasteiger partial charge on any atom is -0.462 e. The SMILES string of the molecule is CC(C)C1(C(C)COC(=O)c2c(Cl)c(Cl)cc(Cl)c2OC(=O)C(=O)Oc2c(Cl)cc(Cl)c(Cl)c2C(=O)OCC(C)C2(C(C)C)CC2)CC1. The van der Waals surface area contributed by atoms with E-state index in [1.54, 1.807) is 0 Å². The van der Waals surface area contributed by atoms with Gasteiger partial charge < -0.3 is 18.9 Å². The molecule has 2 aliphatic rings. The van der Waals surface area contributed by atoms with Gasteiger partial charge in [0, 0.05) is 0 Å². The van der Waals surface area contributed by atoms with Crippen molar-refractivity contribution in [3.8, 4) is 11.5 Å². The minimum absolute atomic E-state index is 0.0286. The fourth-order valence-corrected chi connectivity index (χ4v) is 7.87. The van der Waals surface area contributed by atoms with Crippen LogP contribution in [0.3, 0.4) is 0 Å². The molecule has 4 rings (SSSR count). The molecule has 2 saturated carbocycles. The molecule has 2 atom stereocenters. The van der Waals surface area contributed by atoms with Gasteiger partial charge in [-0.15, -0.1) is 0 Å². The van der Waals surface area contributed by atoms with Gasteiger partial charge >= 0.3 is 23.9 Å². The van der Waals surface area contributed by atoms with Gasteiger partial charge in [-0.05, 0) is 72.3 Å². The molecule has 0 amide bonds. The Balaban J connectivity index is 1.54. The summed E-state index contributed by atoms with van der Waals surface area (Å²) in [6.07, 6.45) is 4.05.